The number of aliphatic hydroxyl groups excluding tert-OH is 11. The zero-order chi connectivity index (χ0) is 73.2. The summed E-state index contributed by atoms with van der Waals surface area (Å²) in [5.74, 6) is -0.249. The van der Waals surface area contributed by atoms with E-state index in [1.54, 1.807) is 0 Å². The van der Waals surface area contributed by atoms with Crippen molar-refractivity contribution in [2.75, 3.05) is 26.4 Å². The van der Waals surface area contributed by atoms with E-state index in [1.807, 2.05) is 0 Å². The minimum atomic E-state index is -1.98. The third kappa shape index (κ3) is 42.2. The largest absolute Gasteiger partial charge is 0.394 e. The van der Waals surface area contributed by atoms with E-state index in [0.717, 1.165) is 103 Å². The van der Waals surface area contributed by atoms with Gasteiger partial charge in [0.2, 0.25) is 5.91 Å². The third-order valence-electron chi connectivity index (χ3n) is 19.7. The van der Waals surface area contributed by atoms with Gasteiger partial charge in [0.25, 0.3) is 0 Å². The van der Waals surface area contributed by atoms with Crippen LogP contribution in [0.15, 0.2) is 85.1 Å². The van der Waals surface area contributed by atoms with Crippen LogP contribution in [0, 0.1) is 0 Å². The SMILES string of the molecule is CC/C=C\C/C=C\C/C=C\C/C=C\C/C=C\C/C=C\C/C=C\CCCCCCCCCCCC(=O)NC(COC1OC(CO)C(OC2OC(CO)C(OC3OC(CO)C(O)C(O)C3O)C(O)C2O)C(O)C1O)C(O)CCCCCCCCCCCCCCCCCCCCCCCCCCC. The maximum absolute atomic E-state index is 13.5. The molecule has 0 aliphatic carbocycles. The number of hydrogen-bond acceptors (Lipinski definition) is 18. The summed E-state index contributed by atoms with van der Waals surface area (Å²) >= 11 is 0. The molecule has 3 heterocycles. The summed E-state index contributed by atoms with van der Waals surface area (Å²) in [5.41, 5.74) is 0. The molecule has 3 aliphatic rings. The maximum atomic E-state index is 13.5. The Kier molecular flexibility index (Phi) is 56.6. The second-order valence-corrected chi connectivity index (χ2v) is 28.5. The minimum Gasteiger partial charge on any atom is -0.394 e. The topological polar surface area (TPSA) is 307 Å². The molecule has 0 bridgehead atoms. The molecule has 0 spiro atoms. The van der Waals surface area contributed by atoms with E-state index in [4.69, 9.17) is 28.4 Å². The molecule has 12 N–H and O–H groups in total. The molecule has 17 unspecified atom stereocenters. The monoisotopic (exact) mass is 1430 g/mol. The molecule has 0 aromatic rings. The molecule has 17 atom stereocenters. The Hall–Kier alpha value is -3.03. The van der Waals surface area contributed by atoms with Crippen LogP contribution in [0.25, 0.3) is 0 Å². The first-order chi connectivity index (χ1) is 49.3. The quantitative estimate of drug-likeness (QED) is 0.0199. The lowest BCUT2D eigenvalue weighted by molar-refractivity contribution is -0.379. The Bertz CT molecular complexity index is 2150. The van der Waals surface area contributed by atoms with E-state index >= 15 is 0 Å². The number of carbonyl (C=O) groups is 1. The van der Waals surface area contributed by atoms with Gasteiger partial charge in [-0.2, -0.15) is 0 Å². The highest BCUT2D eigenvalue weighted by molar-refractivity contribution is 5.76. The van der Waals surface area contributed by atoms with Crippen LogP contribution in [0.5, 0.6) is 0 Å². The molecule has 101 heavy (non-hydrogen) atoms. The Morgan fingerprint density at radius 3 is 1.07 bits per heavy atom. The van der Waals surface area contributed by atoms with E-state index in [2.05, 4.69) is 104 Å². The molecule has 0 saturated carbocycles. The Morgan fingerprint density at radius 1 is 0.366 bits per heavy atom. The van der Waals surface area contributed by atoms with E-state index in [0.29, 0.717) is 12.8 Å². The van der Waals surface area contributed by atoms with Crippen molar-refractivity contribution in [3.8, 4) is 0 Å². The van der Waals surface area contributed by atoms with Gasteiger partial charge in [0.05, 0.1) is 38.6 Å². The summed E-state index contributed by atoms with van der Waals surface area (Å²) in [4.78, 5) is 13.5. The van der Waals surface area contributed by atoms with Gasteiger partial charge >= 0.3 is 0 Å². The van der Waals surface area contributed by atoms with Gasteiger partial charge in [0.15, 0.2) is 18.9 Å². The number of aliphatic hydroxyl groups is 11. The summed E-state index contributed by atoms with van der Waals surface area (Å²) in [6.45, 7) is 1.71. The maximum Gasteiger partial charge on any atom is 0.220 e. The molecular weight excluding hydrogens is 1290 g/mol. The second-order valence-electron chi connectivity index (χ2n) is 28.5. The molecule has 3 aliphatic heterocycles. The molecule has 3 rings (SSSR count). The van der Waals surface area contributed by atoms with Gasteiger partial charge in [-0.15, -0.1) is 0 Å². The number of ether oxygens (including phenoxy) is 6. The molecular formula is C82H145NO18. The van der Waals surface area contributed by atoms with Crippen LogP contribution in [0.2, 0.25) is 0 Å². The Labute approximate surface area is 610 Å². The first kappa shape index (κ1) is 92.2. The fourth-order valence-corrected chi connectivity index (χ4v) is 13.3. The lowest BCUT2D eigenvalue weighted by Gasteiger charge is -2.48. The highest BCUT2D eigenvalue weighted by Crippen LogP contribution is 2.33. The minimum absolute atomic E-state index is 0.249. The van der Waals surface area contributed by atoms with Gasteiger partial charge in [-0.3, -0.25) is 4.79 Å². The Balaban J connectivity index is 1.38. The fraction of sp³-hybridized carbons (Fsp3) is 0.817. The summed E-state index contributed by atoms with van der Waals surface area (Å²) in [7, 11) is 0. The number of rotatable bonds is 63. The summed E-state index contributed by atoms with van der Waals surface area (Å²) in [5, 5.41) is 121. The zero-order valence-corrected chi connectivity index (χ0v) is 62.6. The number of allylic oxidation sites excluding steroid dienone is 14. The van der Waals surface area contributed by atoms with Gasteiger partial charge in [-0.1, -0.05) is 304 Å². The molecule has 3 fully saturated rings. The molecule has 3 saturated heterocycles. The number of amides is 1. The van der Waals surface area contributed by atoms with Crippen molar-refractivity contribution in [1.29, 1.82) is 0 Å². The van der Waals surface area contributed by atoms with Crippen molar-refractivity contribution >= 4 is 5.91 Å². The first-order valence-corrected chi connectivity index (χ1v) is 40.3. The molecule has 0 radical (unpaired) electrons. The normalized spacial score (nSPS) is 26.8. The van der Waals surface area contributed by atoms with Crippen LogP contribution in [-0.4, -0.2) is 193 Å². The van der Waals surface area contributed by atoms with Crippen molar-refractivity contribution in [3.05, 3.63) is 85.1 Å². The number of unbranched alkanes of at least 4 members (excludes halogenated alkanes) is 33. The summed E-state index contributed by atoms with van der Waals surface area (Å²) < 4.78 is 34.5. The Morgan fingerprint density at radius 2 is 0.683 bits per heavy atom. The highest BCUT2D eigenvalue weighted by Gasteiger charge is 2.54. The predicted molar refractivity (Wildman–Crippen MR) is 401 cm³/mol. The number of nitrogens with one attached hydrogen (secondary N) is 1. The summed E-state index contributed by atoms with van der Waals surface area (Å²) in [6, 6.07) is -0.898. The van der Waals surface area contributed by atoms with Crippen LogP contribution in [0.3, 0.4) is 0 Å². The van der Waals surface area contributed by atoms with Gasteiger partial charge in [-0.05, 0) is 70.6 Å². The highest BCUT2D eigenvalue weighted by atomic mass is 16.8. The van der Waals surface area contributed by atoms with Crippen molar-refractivity contribution < 1.29 is 89.4 Å². The van der Waals surface area contributed by atoms with Crippen LogP contribution in [0.1, 0.15) is 296 Å². The standard InChI is InChI=1S/C82H145NO18/c1-3-5-7-9-11-13-15-17-19-21-23-25-27-29-30-31-32-33-34-36-38-40-42-44-46-48-50-52-54-56-58-60-70(88)83-65(66(87)59-57-55-53-51-49-47-45-43-41-39-37-35-28-26-24-22-20-18-16-14-12-10-8-6-4-2)64-96-80-76(94)73(91)78(68(62-85)98-80)101-82-77(95)74(92)79(69(63-86)99-82)100-81-75(93)72(90)71(89)67(61-84)97-81/h5,7,11,13,17,19,23,25,29-30,32-33,36,38,65-69,71-82,84-87,89-95H,3-4,6,8-10,12,14-16,18,20-22,24,26-28,31,34-35,37,39-64H2,1-2H3,(H,83,88)/b7-5-,13-11-,19-17-,25-23-,30-29-,33-32-,38-36-. The predicted octanol–water partition coefficient (Wildman–Crippen LogP) is 13.4. The van der Waals surface area contributed by atoms with Crippen LogP contribution < -0.4 is 5.32 Å². The van der Waals surface area contributed by atoms with Gasteiger partial charge in [-0.25, -0.2) is 0 Å². The van der Waals surface area contributed by atoms with Crippen LogP contribution in [-0.2, 0) is 33.2 Å². The third-order valence-corrected chi connectivity index (χ3v) is 19.7. The van der Waals surface area contributed by atoms with Crippen molar-refractivity contribution in [1.82, 2.24) is 5.32 Å². The molecule has 19 nitrogen and oxygen atoms in total. The van der Waals surface area contributed by atoms with Crippen molar-refractivity contribution in [2.45, 2.75) is 401 Å². The van der Waals surface area contributed by atoms with E-state index in [-0.39, 0.29) is 18.9 Å². The smallest absolute Gasteiger partial charge is 0.220 e. The molecule has 586 valence electrons. The van der Waals surface area contributed by atoms with Crippen LogP contribution >= 0.6 is 0 Å². The zero-order valence-electron chi connectivity index (χ0n) is 62.6. The van der Waals surface area contributed by atoms with E-state index < -0.39 is 124 Å². The molecule has 1 amide bonds. The summed E-state index contributed by atoms with van der Waals surface area (Å²) in [6.07, 6.45) is 55.1. The molecule has 0 aromatic heterocycles. The fourth-order valence-electron chi connectivity index (χ4n) is 13.3. The molecule has 0 aromatic carbocycles. The molecule has 19 heteroatoms. The van der Waals surface area contributed by atoms with Gasteiger partial charge in [0, 0.05) is 6.42 Å². The van der Waals surface area contributed by atoms with Crippen LogP contribution in [0.4, 0.5) is 0 Å². The average molecular weight is 1430 g/mol. The average Bonchev–Trinajstić information content (AvgIpc) is 0.792. The van der Waals surface area contributed by atoms with E-state index in [9.17, 15) is 61.0 Å². The first-order valence-electron chi connectivity index (χ1n) is 40.3. The van der Waals surface area contributed by atoms with E-state index in [1.165, 1.54) is 161 Å². The lowest BCUT2D eigenvalue weighted by atomic mass is 9.96. The van der Waals surface area contributed by atoms with Gasteiger partial charge < -0.3 is 89.9 Å². The van der Waals surface area contributed by atoms with Crippen molar-refractivity contribution in [3.63, 3.8) is 0 Å². The second kappa shape index (κ2) is 62.1. The lowest BCUT2D eigenvalue weighted by Crippen LogP contribution is -2.66. The number of hydrogen-bond donors (Lipinski definition) is 12. The van der Waals surface area contributed by atoms with Crippen molar-refractivity contribution in [2.24, 2.45) is 0 Å². The number of carbonyl (C=O) groups excluding carboxylic acids is 1. The van der Waals surface area contributed by atoms with Gasteiger partial charge in [0.1, 0.15) is 73.2 Å².